The van der Waals surface area contributed by atoms with Crippen LogP contribution in [-0.2, 0) is 0 Å². The second-order valence-electron chi connectivity index (χ2n) is 9.47. The quantitative estimate of drug-likeness (QED) is 0.363. The Morgan fingerprint density at radius 3 is 2.77 bits per heavy atom. The van der Waals surface area contributed by atoms with Crippen molar-refractivity contribution in [1.29, 1.82) is 0 Å². The predicted molar refractivity (Wildman–Crippen MR) is 144 cm³/mol. The highest BCUT2D eigenvalue weighted by atomic mass is 19.1. The van der Waals surface area contributed by atoms with Crippen LogP contribution in [0.1, 0.15) is 22.0 Å². The summed E-state index contributed by atoms with van der Waals surface area (Å²) in [4.78, 5) is 23.4. The molecule has 9 nitrogen and oxygen atoms in total. The molecule has 0 radical (unpaired) electrons. The number of hydrogen-bond donors (Lipinski definition) is 1. The van der Waals surface area contributed by atoms with Crippen LogP contribution in [0, 0.1) is 5.82 Å². The van der Waals surface area contributed by atoms with Crippen molar-refractivity contribution >= 4 is 28.3 Å². The summed E-state index contributed by atoms with van der Waals surface area (Å²) in [5.74, 6) is -0.213. The molecule has 0 fully saturated rings. The van der Waals surface area contributed by atoms with Crippen LogP contribution in [0.15, 0.2) is 85.6 Å². The van der Waals surface area contributed by atoms with E-state index < -0.39 is 11.7 Å². The molecule has 10 heteroatoms. The molecular formula is C29H22FN7O2. The fourth-order valence-electron chi connectivity index (χ4n) is 5.08. The molecule has 39 heavy (non-hydrogen) atoms. The molecular weight excluding hydrogens is 497 g/mol. The van der Waals surface area contributed by atoms with E-state index in [1.165, 1.54) is 17.0 Å². The van der Waals surface area contributed by atoms with Crippen LogP contribution >= 0.6 is 0 Å². The van der Waals surface area contributed by atoms with E-state index in [2.05, 4.69) is 15.1 Å². The molecule has 1 atom stereocenters. The largest absolute Gasteiger partial charge is 0.491 e. The van der Waals surface area contributed by atoms with Gasteiger partial charge in [-0.1, -0.05) is 30.3 Å². The van der Waals surface area contributed by atoms with Gasteiger partial charge in [0.2, 0.25) is 0 Å². The van der Waals surface area contributed by atoms with Gasteiger partial charge in [0.05, 0.1) is 47.0 Å². The second kappa shape index (κ2) is 8.66. The minimum absolute atomic E-state index is 0.0648. The van der Waals surface area contributed by atoms with E-state index in [9.17, 15) is 4.79 Å². The zero-order valence-corrected chi connectivity index (χ0v) is 20.8. The number of nitrogens with zero attached hydrogens (tertiary/aromatic N) is 6. The monoisotopic (exact) mass is 519 g/mol. The van der Waals surface area contributed by atoms with Gasteiger partial charge in [0.25, 0.3) is 5.91 Å². The lowest BCUT2D eigenvalue weighted by atomic mass is 10.0. The number of para-hydroxylation sites is 1. The lowest BCUT2D eigenvalue weighted by Gasteiger charge is -2.24. The first-order valence-corrected chi connectivity index (χ1v) is 12.3. The topological polar surface area (TPSA) is 104 Å². The van der Waals surface area contributed by atoms with E-state index in [0.29, 0.717) is 22.3 Å². The molecule has 4 heterocycles. The van der Waals surface area contributed by atoms with Crippen molar-refractivity contribution < 1.29 is 13.9 Å². The van der Waals surface area contributed by atoms with Gasteiger partial charge in [0.1, 0.15) is 29.5 Å². The maximum absolute atomic E-state index is 15.1. The third kappa shape index (κ3) is 3.68. The standard InChI is InChI=1S/C29H22FN7O2/c1-35(29(38)21-10-24-23(11-22(21)30)34-28(31)25-13-32-16-36(24)25)26-15-39-27-9-17(7-8-20(26)27)18-12-33-37(14-18)19-5-3-2-4-6-19/h2-14,16,26H,15H2,1H3,(H2,31,34)/t26-/m1/s1. The number of imidazole rings is 1. The molecule has 0 saturated heterocycles. The lowest BCUT2D eigenvalue weighted by molar-refractivity contribution is 0.0704. The van der Waals surface area contributed by atoms with Gasteiger partial charge in [-0.2, -0.15) is 5.10 Å². The zero-order valence-electron chi connectivity index (χ0n) is 20.8. The number of hydrogen-bond acceptors (Lipinski definition) is 6. The number of carbonyl (C=O) groups excluding carboxylic acids is 1. The first-order chi connectivity index (χ1) is 19.0. The number of likely N-dealkylation sites (N-methyl/N-ethyl adjacent to an activating group) is 1. The maximum Gasteiger partial charge on any atom is 0.257 e. The number of rotatable bonds is 4. The molecule has 3 aromatic carbocycles. The van der Waals surface area contributed by atoms with Gasteiger partial charge in [-0.25, -0.2) is 19.0 Å². The number of nitrogen functional groups attached to an aromatic ring is 1. The summed E-state index contributed by atoms with van der Waals surface area (Å²) in [6, 6.07) is 18.1. The Hall–Kier alpha value is -5.25. The molecule has 1 amide bonds. The van der Waals surface area contributed by atoms with Crippen LogP contribution in [0.2, 0.25) is 0 Å². The highest BCUT2D eigenvalue weighted by Crippen LogP contribution is 2.39. The number of ether oxygens (including phenoxy) is 1. The second-order valence-corrected chi connectivity index (χ2v) is 9.47. The number of amides is 1. The van der Waals surface area contributed by atoms with Crippen molar-refractivity contribution in [3.05, 3.63) is 103 Å². The highest BCUT2D eigenvalue weighted by Gasteiger charge is 2.32. The molecule has 0 unspecified atom stereocenters. The van der Waals surface area contributed by atoms with Crippen molar-refractivity contribution in [3.63, 3.8) is 0 Å². The molecule has 0 saturated carbocycles. The molecule has 0 bridgehead atoms. The average Bonchev–Trinajstić information content (AvgIpc) is 3.72. The Labute approximate surface area is 221 Å². The molecule has 2 N–H and O–H groups in total. The molecule has 0 spiro atoms. The SMILES string of the molecule is CN(C(=O)c1cc2c(cc1F)nc(N)c1cncn12)[C@@H]1COc2cc(-c3cnn(-c4ccccc4)c3)ccc21. The van der Waals surface area contributed by atoms with Gasteiger partial charge in [-0.3, -0.25) is 9.20 Å². The van der Waals surface area contributed by atoms with Crippen LogP contribution in [0.3, 0.4) is 0 Å². The molecule has 3 aromatic heterocycles. The first-order valence-electron chi connectivity index (χ1n) is 12.3. The first kappa shape index (κ1) is 22.9. The predicted octanol–water partition coefficient (Wildman–Crippen LogP) is 4.66. The van der Waals surface area contributed by atoms with E-state index in [0.717, 1.165) is 22.4 Å². The third-order valence-corrected chi connectivity index (χ3v) is 7.19. The van der Waals surface area contributed by atoms with Crippen molar-refractivity contribution in [2.24, 2.45) is 0 Å². The third-order valence-electron chi connectivity index (χ3n) is 7.19. The van der Waals surface area contributed by atoms with E-state index >= 15 is 4.39 Å². The number of anilines is 1. The summed E-state index contributed by atoms with van der Waals surface area (Å²) in [7, 11) is 1.65. The summed E-state index contributed by atoms with van der Waals surface area (Å²) in [5.41, 5.74) is 11.1. The molecule has 192 valence electrons. The molecule has 1 aliphatic heterocycles. The van der Waals surface area contributed by atoms with Crippen LogP contribution in [0.4, 0.5) is 10.2 Å². The summed E-state index contributed by atoms with van der Waals surface area (Å²) < 4.78 is 24.6. The molecule has 7 rings (SSSR count). The maximum atomic E-state index is 15.1. The fraction of sp³-hybridized carbons (Fsp3) is 0.103. The molecule has 1 aliphatic rings. The summed E-state index contributed by atoms with van der Waals surface area (Å²) in [5, 5.41) is 4.48. The minimum atomic E-state index is -0.671. The Kier molecular flexibility index (Phi) is 5.09. The molecule has 6 aromatic rings. The summed E-state index contributed by atoms with van der Waals surface area (Å²) >= 11 is 0. The van der Waals surface area contributed by atoms with E-state index in [4.69, 9.17) is 10.5 Å². The van der Waals surface area contributed by atoms with Crippen LogP contribution in [0.5, 0.6) is 5.75 Å². The lowest BCUT2D eigenvalue weighted by Crippen LogP contribution is -2.32. The van der Waals surface area contributed by atoms with Gasteiger partial charge in [0.15, 0.2) is 0 Å². The van der Waals surface area contributed by atoms with Gasteiger partial charge in [0, 0.05) is 30.4 Å². The van der Waals surface area contributed by atoms with E-state index in [-0.39, 0.29) is 24.0 Å². The van der Waals surface area contributed by atoms with Gasteiger partial charge in [-0.15, -0.1) is 0 Å². The Bertz CT molecular complexity index is 1900. The van der Waals surface area contributed by atoms with Crippen molar-refractivity contribution in [2.75, 3.05) is 19.4 Å². The number of nitrogens with two attached hydrogens (primary N) is 1. The summed E-state index contributed by atoms with van der Waals surface area (Å²) in [6.45, 7) is 0.267. The van der Waals surface area contributed by atoms with Crippen molar-refractivity contribution in [1.82, 2.24) is 29.0 Å². The van der Waals surface area contributed by atoms with Gasteiger partial charge < -0.3 is 15.4 Å². The Balaban J connectivity index is 1.18. The number of fused-ring (bicyclic) bond motifs is 4. The number of benzene rings is 3. The van der Waals surface area contributed by atoms with E-state index in [1.807, 2.05) is 59.4 Å². The van der Waals surface area contributed by atoms with Crippen molar-refractivity contribution in [3.8, 4) is 22.6 Å². The van der Waals surface area contributed by atoms with Crippen LogP contribution in [0.25, 0.3) is 33.4 Å². The van der Waals surface area contributed by atoms with Crippen LogP contribution < -0.4 is 10.5 Å². The fourth-order valence-corrected chi connectivity index (χ4v) is 5.08. The van der Waals surface area contributed by atoms with Gasteiger partial charge >= 0.3 is 0 Å². The molecule has 0 aliphatic carbocycles. The van der Waals surface area contributed by atoms with Gasteiger partial charge in [-0.05, 0) is 29.8 Å². The van der Waals surface area contributed by atoms with Crippen molar-refractivity contribution in [2.45, 2.75) is 6.04 Å². The highest BCUT2D eigenvalue weighted by molar-refractivity contribution is 5.98. The summed E-state index contributed by atoms with van der Waals surface area (Å²) in [6.07, 6.45) is 6.90. The number of halogens is 1. The number of aromatic nitrogens is 5. The number of carbonyl (C=O) groups is 1. The Morgan fingerprint density at radius 2 is 1.92 bits per heavy atom. The Morgan fingerprint density at radius 1 is 1.08 bits per heavy atom. The zero-order chi connectivity index (χ0) is 26.7. The van der Waals surface area contributed by atoms with Crippen LogP contribution in [-0.4, -0.2) is 48.6 Å². The average molecular weight is 520 g/mol. The smallest absolute Gasteiger partial charge is 0.257 e. The van der Waals surface area contributed by atoms with E-state index in [1.54, 1.807) is 30.2 Å². The normalized spacial score (nSPS) is 14.5. The minimum Gasteiger partial charge on any atom is -0.491 e.